The Kier molecular flexibility index (Phi) is 3.33. The van der Waals surface area contributed by atoms with E-state index >= 15 is 0 Å². The molecular weight excluding hydrogens is 240 g/mol. The molecule has 1 saturated carbocycles. The number of methoxy groups -OCH3 is 1. The van der Waals surface area contributed by atoms with E-state index < -0.39 is 17.3 Å². The van der Waals surface area contributed by atoms with Gasteiger partial charge in [-0.1, -0.05) is 5.16 Å². The molecule has 1 fully saturated rings. The highest BCUT2D eigenvalue weighted by Gasteiger charge is 2.50. The van der Waals surface area contributed by atoms with E-state index in [4.69, 9.17) is 14.4 Å². The van der Waals surface area contributed by atoms with Crippen molar-refractivity contribution in [2.24, 2.45) is 5.41 Å². The van der Waals surface area contributed by atoms with Gasteiger partial charge >= 0.3 is 5.97 Å². The first-order valence-corrected chi connectivity index (χ1v) is 5.53. The number of nitrogens with one attached hydrogen (secondary N) is 1. The summed E-state index contributed by atoms with van der Waals surface area (Å²) in [6.07, 6.45) is 1.19. The molecule has 0 atom stereocenters. The number of nitrogens with zero attached hydrogens (tertiary/aromatic N) is 1. The highest BCUT2D eigenvalue weighted by Crippen LogP contribution is 2.45. The van der Waals surface area contributed by atoms with Crippen LogP contribution < -0.4 is 5.32 Å². The van der Waals surface area contributed by atoms with Gasteiger partial charge in [0.1, 0.15) is 6.61 Å². The number of aliphatic carboxylic acids is 1. The Bertz CT molecular complexity index is 464. The van der Waals surface area contributed by atoms with Crippen molar-refractivity contribution in [2.75, 3.05) is 13.7 Å². The molecule has 7 heteroatoms. The first-order valence-electron chi connectivity index (χ1n) is 5.53. The van der Waals surface area contributed by atoms with Gasteiger partial charge in [0.15, 0.2) is 11.5 Å². The summed E-state index contributed by atoms with van der Waals surface area (Å²) in [4.78, 5) is 22.6. The lowest BCUT2D eigenvalue weighted by Crippen LogP contribution is -2.34. The zero-order chi connectivity index (χ0) is 13.2. The van der Waals surface area contributed by atoms with Crippen LogP contribution in [0.5, 0.6) is 0 Å². The molecule has 1 aromatic heterocycles. The van der Waals surface area contributed by atoms with Crippen LogP contribution in [0.2, 0.25) is 0 Å². The van der Waals surface area contributed by atoms with E-state index in [1.807, 2.05) is 0 Å². The van der Waals surface area contributed by atoms with Gasteiger partial charge in [0.05, 0.1) is 5.41 Å². The van der Waals surface area contributed by atoms with Crippen molar-refractivity contribution in [1.29, 1.82) is 0 Å². The Morgan fingerprint density at radius 2 is 2.33 bits per heavy atom. The molecule has 0 aliphatic heterocycles. The van der Waals surface area contributed by atoms with Crippen molar-refractivity contribution < 1.29 is 24.0 Å². The smallest absolute Gasteiger partial charge is 0.311 e. The van der Waals surface area contributed by atoms with Crippen LogP contribution in [0.25, 0.3) is 0 Å². The Balaban J connectivity index is 1.89. The molecule has 18 heavy (non-hydrogen) atoms. The SMILES string of the molecule is COCc1cc(C(=O)NCC2(C(=O)O)CC2)no1. The van der Waals surface area contributed by atoms with E-state index in [2.05, 4.69) is 10.5 Å². The van der Waals surface area contributed by atoms with E-state index in [1.54, 1.807) is 0 Å². The van der Waals surface area contributed by atoms with E-state index in [1.165, 1.54) is 13.2 Å². The Morgan fingerprint density at radius 1 is 1.61 bits per heavy atom. The van der Waals surface area contributed by atoms with Gasteiger partial charge < -0.3 is 19.7 Å². The summed E-state index contributed by atoms with van der Waals surface area (Å²) in [5, 5.41) is 15.1. The van der Waals surface area contributed by atoms with Crippen LogP contribution in [0.4, 0.5) is 0 Å². The van der Waals surface area contributed by atoms with Gasteiger partial charge in [0.25, 0.3) is 5.91 Å². The van der Waals surface area contributed by atoms with E-state index in [9.17, 15) is 9.59 Å². The van der Waals surface area contributed by atoms with Gasteiger partial charge in [-0.2, -0.15) is 0 Å². The van der Waals surface area contributed by atoms with Gasteiger partial charge in [-0.25, -0.2) is 0 Å². The van der Waals surface area contributed by atoms with Crippen molar-refractivity contribution in [1.82, 2.24) is 10.5 Å². The fourth-order valence-corrected chi connectivity index (χ4v) is 1.59. The molecule has 0 radical (unpaired) electrons. The molecule has 1 aliphatic rings. The van der Waals surface area contributed by atoms with E-state index in [0.717, 1.165) is 0 Å². The van der Waals surface area contributed by atoms with Crippen LogP contribution in [0.3, 0.4) is 0 Å². The molecular formula is C11H14N2O5. The van der Waals surface area contributed by atoms with Gasteiger partial charge in [-0.3, -0.25) is 9.59 Å². The number of amides is 1. The first-order chi connectivity index (χ1) is 8.57. The summed E-state index contributed by atoms with van der Waals surface area (Å²) >= 11 is 0. The van der Waals surface area contributed by atoms with E-state index in [0.29, 0.717) is 18.6 Å². The fraction of sp³-hybridized carbons (Fsp3) is 0.545. The number of aromatic nitrogens is 1. The maximum Gasteiger partial charge on any atom is 0.311 e. The second-order valence-corrected chi connectivity index (χ2v) is 4.38. The predicted octanol–water partition coefficient (Wildman–Crippen LogP) is 0.416. The average Bonchev–Trinajstić information content (AvgIpc) is 3.00. The third-order valence-electron chi connectivity index (χ3n) is 2.97. The van der Waals surface area contributed by atoms with Crippen LogP contribution in [-0.2, 0) is 16.1 Å². The molecule has 0 aromatic carbocycles. The van der Waals surface area contributed by atoms with Crippen molar-refractivity contribution in [3.8, 4) is 0 Å². The van der Waals surface area contributed by atoms with Crippen molar-refractivity contribution in [3.05, 3.63) is 17.5 Å². The number of carboxylic acids is 1. The molecule has 7 nitrogen and oxygen atoms in total. The molecule has 0 bridgehead atoms. The Morgan fingerprint density at radius 3 is 2.89 bits per heavy atom. The highest BCUT2D eigenvalue weighted by molar-refractivity contribution is 5.92. The van der Waals surface area contributed by atoms with Gasteiger partial charge in [-0.05, 0) is 12.8 Å². The minimum atomic E-state index is -0.872. The molecule has 0 spiro atoms. The van der Waals surface area contributed by atoms with Crippen molar-refractivity contribution in [3.63, 3.8) is 0 Å². The molecule has 2 N–H and O–H groups in total. The predicted molar refractivity (Wildman–Crippen MR) is 58.9 cm³/mol. The van der Waals surface area contributed by atoms with Crippen LogP contribution >= 0.6 is 0 Å². The lowest BCUT2D eigenvalue weighted by molar-refractivity contribution is -0.143. The Labute approximate surface area is 103 Å². The highest BCUT2D eigenvalue weighted by atomic mass is 16.5. The molecule has 1 heterocycles. The molecule has 0 saturated heterocycles. The van der Waals surface area contributed by atoms with Crippen LogP contribution in [-0.4, -0.2) is 35.8 Å². The Hall–Kier alpha value is -1.89. The van der Waals surface area contributed by atoms with Gasteiger partial charge in [-0.15, -0.1) is 0 Å². The zero-order valence-electron chi connectivity index (χ0n) is 9.93. The number of hydrogen-bond donors (Lipinski definition) is 2. The second kappa shape index (κ2) is 4.77. The number of carbonyl (C=O) groups excluding carboxylic acids is 1. The number of ether oxygens (including phenoxy) is 1. The molecule has 98 valence electrons. The molecule has 2 rings (SSSR count). The summed E-state index contributed by atoms with van der Waals surface area (Å²) in [6.45, 7) is 0.354. The lowest BCUT2D eigenvalue weighted by atomic mass is 10.1. The lowest BCUT2D eigenvalue weighted by Gasteiger charge is -2.09. The number of rotatable bonds is 6. The maximum absolute atomic E-state index is 11.7. The quantitative estimate of drug-likeness (QED) is 0.762. The standard InChI is InChI=1S/C11H14N2O5/c1-17-5-7-4-8(13-18-7)9(14)12-6-11(2-3-11)10(15)16/h4H,2-3,5-6H2,1H3,(H,12,14)(H,15,16). The number of carboxylic acid groups (broad SMARTS) is 1. The molecule has 1 aromatic rings. The van der Waals surface area contributed by atoms with Gasteiger partial charge in [0.2, 0.25) is 0 Å². The van der Waals surface area contributed by atoms with E-state index in [-0.39, 0.29) is 18.8 Å². The largest absolute Gasteiger partial charge is 0.481 e. The average molecular weight is 254 g/mol. The summed E-state index contributed by atoms with van der Waals surface area (Å²) < 4.78 is 9.70. The maximum atomic E-state index is 11.7. The zero-order valence-corrected chi connectivity index (χ0v) is 9.93. The number of hydrogen-bond acceptors (Lipinski definition) is 5. The van der Waals surface area contributed by atoms with Gasteiger partial charge in [0, 0.05) is 19.7 Å². The monoisotopic (exact) mass is 254 g/mol. The third-order valence-corrected chi connectivity index (χ3v) is 2.97. The first kappa shape index (κ1) is 12.6. The van der Waals surface area contributed by atoms with Crippen molar-refractivity contribution in [2.45, 2.75) is 19.4 Å². The topological polar surface area (TPSA) is 102 Å². The summed E-state index contributed by atoms with van der Waals surface area (Å²) in [5.41, 5.74) is -0.655. The van der Waals surface area contributed by atoms with Crippen LogP contribution in [0.1, 0.15) is 29.1 Å². The second-order valence-electron chi connectivity index (χ2n) is 4.38. The van der Waals surface area contributed by atoms with Crippen LogP contribution in [0.15, 0.2) is 10.6 Å². The van der Waals surface area contributed by atoms with Crippen LogP contribution in [0, 0.1) is 5.41 Å². The summed E-state index contributed by atoms with van der Waals surface area (Å²) in [5.74, 6) is -0.862. The fourth-order valence-electron chi connectivity index (χ4n) is 1.59. The molecule has 1 amide bonds. The minimum absolute atomic E-state index is 0.119. The molecule has 0 unspecified atom stereocenters. The minimum Gasteiger partial charge on any atom is -0.481 e. The summed E-state index contributed by atoms with van der Waals surface area (Å²) in [6, 6.07) is 1.47. The normalized spacial score (nSPS) is 16.3. The number of carbonyl (C=O) groups is 2. The summed E-state index contributed by atoms with van der Waals surface area (Å²) in [7, 11) is 1.51. The van der Waals surface area contributed by atoms with Crippen molar-refractivity contribution >= 4 is 11.9 Å². The molecule has 1 aliphatic carbocycles. The third kappa shape index (κ3) is 2.51.